The van der Waals surface area contributed by atoms with Crippen LogP contribution in [0.1, 0.15) is 65.2 Å². The summed E-state index contributed by atoms with van der Waals surface area (Å²) in [6, 6.07) is 1.52. The van der Waals surface area contributed by atoms with Gasteiger partial charge in [0, 0.05) is 12.1 Å². The van der Waals surface area contributed by atoms with E-state index in [1.54, 1.807) is 0 Å². The molecular formula is C16H32N2. The maximum atomic E-state index is 3.93. The predicted molar refractivity (Wildman–Crippen MR) is 78.9 cm³/mol. The molecule has 2 rings (SSSR count). The van der Waals surface area contributed by atoms with Gasteiger partial charge in [-0.1, -0.05) is 32.6 Å². The Morgan fingerprint density at radius 1 is 1.00 bits per heavy atom. The van der Waals surface area contributed by atoms with E-state index in [-0.39, 0.29) is 0 Å². The molecule has 106 valence electrons. The molecule has 2 fully saturated rings. The normalized spacial score (nSPS) is 27.0. The van der Waals surface area contributed by atoms with E-state index in [4.69, 9.17) is 0 Å². The van der Waals surface area contributed by atoms with Crippen LogP contribution in [0.15, 0.2) is 0 Å². The third-order valence-electron chi connectivity index (χ3n) is 5.14. The van der Waals surface area contributed by atoms with Gasteiger partial charge in [-0.2, -0.15) is 0 Å². The molecule has 1 N–H and O–H groups in total. The second-order valence-electron chi connectivity index (χ2n) is 6.42. The van der Waals surface area contributed by atoms with E-state index in [9.17, 15) is 0 Å². The number of hydrogen-bond donors (Lipinski definition) is 1. The van der Waals surface area contributed by atoms with Gasteiger partial charge in [-0.25, -0.2) is 0 Å². The Bertz CT molecular complexity index is 213. The molecule has 1 atom stereocenters. The van der Waals surface area contributed by atoms with Crippen molar-refractivity contribution in [3.8, 4) is 0 Å². The Kier molecular flexibility index (Phi) is 5.97. The quantitative estimate of drug-likeness (QED) is 0.771. The summed E-state index contributed by atoms with van der Waals surface area (Å²) >= 11 is 0. The lowest BCUT2D eigenvalue weighted by molar-refractivity contribution is 0.188. The summed E-state index contributed by atoms with van der Waals surface area (Å²) in [7, 11) is 0. The molecule has 1 aliphatic heterocycles. The summed E-state index contributed by atoms with van der Waals surface area (Å²) in [5.41, 5.74) is 0. The van der Waals surface area contributed by atoms with Gasteiger partial charge in [0.25, 0.3) is 0 Å². The van der Waals surface area contributed by atoms with Crippen molar-refractivity contribution in [2.24, 2.45) is 5.92 Å². The second kappa shape index (κ2) is 7.49. The first-order valence-corrected chi connectivity index (χ1v) is 8.28. The van der Waals surface area contributed by atoms with Gasteiger partial charge in [0.05, 0.1) is 0 Å². The fraction of sp³-hybridized carbons (Fsp3) is 1.00. The lowest BCUT2D eigenvalue weighted by atomic mass is 9.91. The van der Waals surface area contributed by atoms with E-state index in [0.29, 0.717) is 0 Å². The van der Waals surface area contributed by atoms with Gasteiger partial charge in [-0.15, -0.1) is 0 Å². The van der Waals surface area contributed by atoms with Crippen molar-refractivity contribution in [2.45, 2.75) is 77.3 Å². The molecule has 1 saturated heterocycles. The zero-order chi connectivity index (χ0) is 12.8. The van der Waals surface area contributed by atoms with Crippen molar-refractivity contribution >= 4 is 0 Å². The highest BCUT2D eigenvalue weighted by Crippen LogP contribution is 2.26. The van der Waals surface area contributed by atoms with Crippen LogP contribution in [-0.4, -0.2) is 36.6 Å². The van der Waals surface area contributed by atoms with Crippen molar-refractivity contribution in [1.29, 1.82) is 0 Å². The van der Waals surface area contributed by atoms with Gasteiger partial charge in [0.1, 0.15) is 0 Å². The molecule has 2 nitrogen and oxygen atoms in total. The number of nitrogens with zero attached hydrogens (tertiary/aromatic N) is 1. The first kappa shape index (κ1) is 14.3. The first-order chi connectivity index (χ1) is 8.79. The van der Waals surface area contributed by atoms with Crippen molar-refractivity contribution in [3.63, 3.8) is 0 Å². The molecule has 2 aliphatic rings. The van der Waals surface area contributed by atoms with Crippen molar-refractivity contribution in [1.82, 2.24) is 10.2 Å². The molecule has 0 unspecified atom stereocenters. The lowest BCUT2D eigenvalue weighted by Gasteiger charge is -2.35. The fourth-order valence-electron chi connectivity index (χ4n) is 3.73. The standard InChI is InChI=1S/C16H32N2/c1-3-18-12-10-16(11-13-18)17-14(2)15-8-6-4-5-7-9-15/h14-17H,3-13H2,1-2H3/t14-/m0/s1. The topological polar surface area (TPSA) is 15.3 Å². The van der Waals surface area contributed by atoms with E-state index in [1.807, 2.05) is 0 Å². The Morgan fingerprint density at radius 3 is 2.17 bits per heavy atom. The van der Waals surface area contributed by atoms with Crippen LogP contribution in [0.3, 0.4) is 0 Å². The third-order valence-corrected chi connectivity index (χ3v) is 5.14. The molecule has 0 aromatic heterocycles. The monoisotopic (exact) mass is 252 g/mol. The van der Waals surface area contributed by atoms with Crippen LogP contribution in [0, 0.1) is 5.92 Å². The average molecular weight is 252 g/mol. The molecule has 0 radical (unpaired) electrons. The summed E-state index contributed by atoms with van der Waals surface area (Å²) in [6.45, 7) is 8.53. The highest BCUT2D eigenvalue weighted by atomic mass is 15.1. The molecule has 1 saturated carbocycles. The van der Waals surface area contributed by atoms with Crippen LogP contribution in [0.5, 0.6) is 0 Å². The van der Waals surface area contributed by atoms with Gasteiger partial charge in [0.15, 0.2) is 0 Å². The summed E-state index contributed by atoms with van der Waals surface area (Å²) in [6.07, 6.45) is 11.5. The second-order valence-corrected chi connectivity index (χ2v) is 6.42. The van der Waals surface area contributed by atoms with Gasteiger partial charge in [-0.3, -0.25) is 0 Å². The fourth-order valence-corrected chi connectivity index (χ4v) is 3.73. The highest BCUT2D eigenvalue weighted by molar-refractivity contribution is 4.82. The van der Waals surface area contributed by atoms with E-state index in [1.165, 1.54) is 71.0 Å². The van der Waals surface area contributed by atoms with Crippen LogP contribution >= 0.6 is 0 Å². The van der Waals surface area contributed by atoms with E-state index in [0.717, 1.165) is 18.0 Å². The minimum absolute atomic E-state index is 0.737. The van der Waals surface area contributed by atoms with Crippen LogP contribution in [0.4, 0.5) is 0 Å². The van der Waals surface area contributed by atoms with Crippen LogP contribution in [0.25, 0.3) is 0 Å². The van der Waals surface area contributed by atoms with Crippen LogP contribution in [-0.2, 0) is 0 Å². The predicted octanol–water partition coefficient (Wildman–Crippen LogP) is 3.42. The average Bonchev–Trinajstić information content (AvgIpc) is 2.68. The molecule has 0 aromatic rings. The molecule has 0 bridgehead atoms. The summed E-state index contributed by atoms with van der Waals surface area (Å²) < 4.78 is 0. The molecular weight excluding hydrogens is 220 g/mol. The zero-order valence-corrected chi connectivity index (χ0v) is 12.5. The zero-order valence-electron chi connectivity index (χ0n) is 12.5. The Balaban J connectivity index is 1.71. The number of rotatable bonds is 4. The van der Waals surface area contributed by atoms with E-state index in [2.05, 4.69) is 24.1 Å². The summed E-state index contributed by atoms with van der Waals surface area (Å²) in [5, 5.41) is 3.93. The van der Waals surface area contributed by atoms with E-state index < -0.39 is 0 Å². The molecule has 2 heteroatoms. The third kappa shape index (κ3) is 4.24. The van der Waals surface area contributed by atoms with Gasteiger partial charge >= 0.3 is 0 Å². The minimum atomic E-state index is 0.737. The molecule has 18 heavy (non-hydrogen) atoms. The van der Waals surface area contributed by atoms with Crippen LogP contribution < -0.4 is 5.32 Å². The number of hydrogen-bond acceptors (Lipinski definition) is 2. The van der Waals surface area contributed by atoms with Crippen molar-refractivity contribution in [3.05, 3.63) is 0 Å². The summed E-state index contributed by atoms with van der Waals surface area (Å²) in [4.78, 5) is 2.58. The first-order valence-electron chi connectivity index (χ1n) is 8.28. The van der Waals surface area contributed by atoms with Crippen LogP contribution in [0.2, 0.25) is 0 Å². The number of nitrogens with one attached hydrogen (secondary N) is 1. The Labute approximate surface area is 114 Å². The molecule has 0 amide bonds. The molecule has 0 spiro atoms. The van der Waals surface area contributed by atoms with Crippen molar-refractivity contribution in [2.75, 3.05) is 19.6 Å². The highest BCUT2D eigenvalue weighted by Gasteiger charge is 2.23. The lowest BCUT2D eigenvalue weighted by Crippen LogP contribution is -2.47. The molecule has 0 aromatic carbocycles. The molecule has 1 heterocycles. The maximum absolute atomic E-state index is 3.93. The van der Waals surface area contributed by atoms with Crippen molar-refractivity contribution < 1.29 is 0 Å². The number of likely N-dealkylation sites (tertiary alicyclic amines) is 1. The van der Waals surface area contributed by atoms with Gasteiger partial charge in [0.2, 0.25) is 0 Å². The minimum Gasteiger partial charge on any atom is -0.311 e. The number of piperidine rings is 1. The smallest absolute Gasteiger partial charge is 0.00940 e. The van der Waals surface area contributed by atoms with Gasteiger partial charge < -0.3 is 10.2 Å². The van der Waals surface area contributed by atoms with E-state index >= 15 is 0 Å². The maximum Gasteiger partial charge on any atom is 0.00940 e. The summed E-state index contributed by atoms with van der Waals surface area (Å²) in [5.74, 6) is 0.941. The Morgan fingerprint density at radius 2 is 1.61 bits per heavy atom. The Hall–Kier alpha value is -0.0800. The van der Waals surface area contributed by atoms with Gasteiger partial charge in [-0.05, 0) is 58.2 Å². The SMILES string of the molecule is CCN1CCC(N[C@@H](C)C2CCCCCC2)CC1. The largest absolute Gasteiger partial charge is 0.311 e. The molecule has 1 aliphatic carbocycles.